The maximum absolute atomic E-state index is 12.3. The summed E-state index contributed by atoms with van der Waals surface area (Å²) in [7, 11) is -0.800. The molecular weight excluding hydrogens is 272 g/mol. The molecule has 0 spiro atoms. The number of carboxylic acid groups (broad SMARTS) is 1. The van der Waals surface area contributed by atoms with Gasteiger partial charge in [-0.3, -0.25) is 9.00 Å². The molecule has 1 aromatic rings. The fraction of sp³-hybridized carbons (Fsp3) is 0.562. The molecule has 4 heteroatoms. The highest BCUT2D eigenvalue weighted by molar-refractivity contribution is 7.84. The van der Waals surface area contributed by atoms with Gasteiger partial charge in [-0.15, -0.1) is 0 Å². The van der Waals surface area contributed by atoms with Gasteiger partial charge in [0.15, 0.2) is 0 Å². The van der Waals surface area contributed by atoms with E-state index in [4.69, 9.17) is 5.11 Å². The van der Waals surface area contributed by atoms with Crippen LogP contribution in [0.25, 0.3) is 0 Å². The second-order valence-electron chi connectivity index (χ2n) is 5.59. The Labute approximate surface area is 122 Å². The summed E-state index contributed by atoms with van der Waals surface area (Å²) in [6.07, 6.45) is 5.84. The van der Waals surface area contributed by atoms with E-state index in [9.17, 15) is 9.00 Å². The van der Waals surface area contributed by atoms with Crippen molar-refractivity contribution in [3.63, 3.8) is 0 Å². The molecule has 0 aromatic heterocycles. The van der Waals surface area contributed by atoms with Crippen LogP contribution in [0.2, 0.25) is 0 Å². The fourth-order valence-corrected chi connectivity index (χ4v) is 4.27. The molecule has 0 bridgehead atoms. The van der Waals surface area contributed by atoms with Gasteiger partial charge < -0.3 is 5.11 Å². The zero-order valence-electron chi connectivity index (χ0n) is 11.9. The predicted octanol–water partition coefficient (Wildman–Crippen LogP) is 3.46. The van der Waals surface area contributed by atoms with Gasteiger partial charge in [-0.1, -0.05) is 43.5 Å². The molecule has 1 N–H and O–H groups in total. The molecule has 0 amide bonds. The number of benzene rings is 1. The molecule has 2 unspecified atom stereocenters. The Balaban J connectivity index is 1.96. The Morgan fingerprint density at radius 3 is 2.40 bits per heavy atom. The number of hydrogen-bond donors (Lipinski definition) is 1. The van der Waals surface area contributed by atoms with Crippen LogP contribution in [0.5, 0.6) is 0 Å². The van der Waals surface area contributed by atoms with Crippen molar-refractivity contribution in [2.75, 3.05) is 0 Å². The smallest absolute Gasteiger partial charge is 0.310 e. The largest absolute Gasteiger partial charge is 0.481 e. The quantitative estimate of drug-likeness (QED) is 0.905. The van der Waals surface area contributed by atoms with E-state index in [0.29, 0.717) is 11.0 Å². The summed E-state index contributed by atoms with van der Waals surface area (Å²) in [5.41, 5.74) is 1.83. The highest BCUT2D eigenvalue weighted by Crippen LogP contribution is 2.24. The molecule has 1 aliphatic rings. The van der Waals surface area contributed by atoms with Gasteiger partial charge in [0, 0.05) is 21.8 Å². The summed E-state index contributed by atoms with van der Waals surface area (Å²) in [6.45, 7) is 1.68. The molecule has 2 atom stereocenters. The van der Waals surface area contributed by atoms with Crippen LogP contribution in [0.15, 0.2) is 24.3 Å². The van der Waals surface area contributed by atoms with Crippen molar-refractivity contribution in [1.82, 2.24) is 0 Å². The van der Waals surface area contributed by atoms with Gasteiger partial charge in [-0.2, -0.15) is 0 Å². The molecule has 1 aromatic carbocycles. The molecule has 3 nitrogen and oxygen atoms in total. The van der Waals surface area contributed by atoms with E-state index in [0.717, 1.165) is 24.0 Å². The molecule has 1 aliphatic carbocycles. The van der Waals surface area contributed by atoms with Crippen molar-refractivity contribution in [3.8, 4) is 0 Å². The minimum atomic E-state index is -0.816. The molecule has 0 radical (unpaired) electrons. The van der Waals surface area contributed by atoms with E-state index in [2.05, 4.69) is 0 Å². The van der Waals surface area contributed by atoms with Crippen LogP contribution in [-0.4, -0.2) is 20.5 Å². The van der Waals surface area contributed by atoms with Gasteiger partial charge in [-0.05, 0) is 30.9 Å². The van der Waals surface area contributed by atoms with Crippen molar-refractivity contribution >= 4 is 16.8 Å². The Morgan fingerprint density at radius 1 is 1.25 bits per heavy atom. The molecule has 0 saturated heterocycles. The zero-order valence-corrected chi connectivity index (χ0v) is 12.7. The van der Waals surface area contributed by atoms with E-state index in [1.54, 1.807) is 6.92 Å². The normalized spacial score (nSPS) is 19.4. The number of carbonyl (C=O) groups is 1. The van der Waals surface area contributed by atoms with Gasteiger partial charge in [0.1, 0.15) is 0 Å². The minimum Gasteiger partial charge on any atom is -0.481 e. The van der Waals surface area contributed by atoms with Gasteiger partial charge in [0.25, 0.3) is 0 Å². The van der Waals surface area contributed by atoms with E-state index >= 15 is 0 Å². The number of hydrogen-bond acceptors (Lipinski definition) is 2. The van der Waals surface area contributed by atoms with E-state index in [1.807, 2.05) is 24.3 Å². The highest BCUT2D eigenvalue weighted by atomic mass is 32.2. The van der Waals surface area contributed by atoms with Gasteiger partial charge in [-0.25, -0.2) is 0 Å². The monoisotopic (exact) mass is 294 g/mol. The lowest BCUT2D eigenvalue weighted by molar-refractivity contribution is -0.138. The minimum absolute atomic E-state index is 0.348. The van der Waals surface area contributed by atoms with Crippen LogP contribution in [0.1, 0.15) is 56.1 Å². The summed E-state index contributed by atoms with van der Waals surface area (Å²) in [6, 6.07) is 7.50. The van der Waals surface area contributed by atoms with Crippen LogP contribution in [0.4, 0.5) is 0 Å². The standard InChI is InChI=1S/C16H22O3S/c1-12(16(17)18)14-9-7-13(8-10-14)11-20(19)15-5-3-2-4-6-15/h7-10,12,15H,2-6,11H2,1H3,(H,17,18). The second kappa shape index (κ2) is 7.02. The first-order valence-corrected chi connectivity index (χ1v) is 8.65. The summed E-state index contributed by atoms with van der Waals surface area (Å²) in [5, 5.41) is 9.32. The first-order chi connectivity index (χ1) is 9.58. The molecule has 0 aliphatic heterocycles. The SMILES string of the molecule is CC(C(=O)O)c1ccc(CS(=O)C2CCCCC2)cc1. The van der Waals surface area contributed by atoms with Crippen LogP contribution >= 0.6 is 0 Å². The summed E-state index contributed by atoms with van der Waals surface area (Å²) in [4.78, 5) is 10.9. The second-order valence-corrected chi connectivity index (χ2v) is 7.30. The first-order valence-electron chi connectivity index (χ1n) is 7.26. The molecule has 1 saturated carbocycles. The molecule has 2 rings (SSSR count). The Kier molecular flexibility index (Phi) is 5.35. The number of aliphatic carboxylic acids is 1. The van der Waals surface area contributed by atoms with Crippen molar-refractivity contribution in [3.05, 3.63) is 35.4 Å². The fourth-order valence-electron chi connectivity index (χ4n) is 2.66. The predicted molar refractivity (Wildman–Crippen MR) is 81.2 cm³/mol. The number of rotatable bonds is 5. The maximum Gasteiger partial charge on any atom is 0.310 e. The van der Waals surface area contributed by atoms with Gasteiger partial charge in [0.2, 0.25) is 0 Å². The summed E-state index contributed by atoms with van der Waals surface area (Å²) in [5.74, 6) is -0.719. The van der Waals surface area contributed by atoms with Crippen LogP contribution in [0, 0.1) is 0 Å². The Hall–Kier alpha value is -1.16. The third-order valence-electron chi connectivity index (χ3n) is 4.08. The van der Waals surface area contributed by atoms with Crippen LogP contribution < -0.4 is 0 Å². The topological polar surface area (TPSA) is 54.4 Å². The lowest BCUT2D eigenvalue weighted by Gasteiger charge is -2.21. The van der Waals surface area contributed by atoms with Crippen molar-refractivity contribution in [2.45, 2.75) is 55.9 Å². The molecular formula is C16H22O3S. The van der Waals surface area contributed by atoms with Gasteiger partial charge in [0.05, 0.1) is 5.92 Å². The van der Waals surface area contributed by atoms with Crippen molar-refractivity contribution in [2.24, 2.45) is 0 Å². The zero-order chi connectivity index (χ0) is 14.5. The molecule has 20 heavy (non-hydrogen) atoms. The van der Waals surface area contributed by atoms with E-state index < -0.39 is 22.7 Å². The van der Waals surface area contributed by atoms with Gasteiger partial charge >= 0.3 is 5.97 Å². The third-order valence-corrected chi connectivity index (χ3v) is 5.92. The maximum atomic E-state index is 12.3. The highest BCUT2D eigenvalue weighted by Gasteiger charge is 2.20. The molecule has 0 heterocycles. The first kappa shape index (κ1) is 15.2. The average Bonchev–Trinajstić information content (AvgIpc) is 2.48. The van der Waals surface area contributed by atoms with Crippen molar-refractivity contribution in [1.29, 1.82) is 0 Å². The summed E-state index contributed by atoms with van der Waals surface area (Å²) < 4.78 is 12.3. The van der Waals surface area contributed by atoms with Crippen LogP contribution in [0.3, 0.4) is 0 Å². The summed E-state index contributed by atoms with van der Waals surface area (Å²) >= 11 is 0. The number of carboxylic acids is 1. The lowest BCUT2D eigenvalue weighted by atomic mass is 10.0. The van der Waals surface area contributed by atoms with Crippen LogP contribution in [-0.2, 0) is 21.3 Å². The van der Waals surface area contributed by atoms with Crippen molar-refractivity contribution < 1.29 is 14.1 Å². The average molecular weight is 294 g/mol. The molecule has 1 fully saturated rings. The Bertz CT molecular complexity index is 475. The van der Waals surface area contributed by atoms with E-state index in [1.165, 1.54) is 19.3 Å². The Morgan fingerprint density at radius 2 is 1.85 bits per heavy atom. The lowest BCUT2D eigenvalue weighted by Crippen LogP contribution is -2.19. The molecule has 110 valence electrons. The third kappa shape index (κ3) is 3.92. The van der Waals surface area contributed by atoms with E-state index in [-0.39, 0.29) is 0 Å².